The largest absolute Gasteiger partial charge is 2.00 e. The van der Waals surface area contributed by atoms with Crippen LogP contribution >= 0.6 is 0 Å². The van der Waals surface area contributed by atoms with Gasteiger partial charge in [-0.05, 0) is 33.1 Å². The summed E-state index contributed by atoms with van der Waals surface area (Å²) in [5.41, 5.74) is 2.82. The van der Waals surface area contributed by atoms with Crippen LogP contribution in [0.5, 0.6) is 0 Å². The fourth-order valence-corrected chi connectivity index (χ4v) is 2.21. The molecule has 2 aromatic carbocycles. The molecule has 0 atom stereocenters. The van der Waals surface area contributed by atoms with Crippen LogP contribution in [0.3, 0.4) is 0 Å². The Balaban J connectivity index is 0.000000483. The number of carbonyl (C=O) groups is 2. The van der Waals surface area contributed by atoms with Crippen LogP contribution in [0.25, 0.3) is 0 Å². The van der Waals surface area contributed by atoms with Crippen molar-refractivity contribution >= 4 is 11.9 Å². The number of carbonyl (C=O) groups excluding carboxylic acids is 2. The molecule has 0 spiro atoms. The minimum Gasteiger partial charge on any atom is -0.545 e. The molecule has 5 heteroatoms. The third-order valence-electron chi connectivity index (χ3n) is 3.97. The van der Waals surface area contributed by atoms with E-state index in [0.29, 0.717) is 0 Å². The van der Waals surface area contributed by atoms with Gasteiger partial charge in [-0.15, -0.1) is 0 Å². The molecule has 0 amide bonds. The standard InChI is InChI=1S/2C11H14O2.Cd/c2*1-11(2,3)9-6-4-8(5-7-9)10(12)13;/h2*4-7H,1-3H3,(H,12,13);/q;;+2/p-2. The summed E-state index contributed by atoms with van der Waals surface area (Å²) in [7, 11) is 0. The summed E-state index contributed by atoms with van der Waals surface area (Å²) in [4.78, 5) is 20.9. The molecule has 0 saturated heterocycles. The van der Waals surface area contributed by atoms with Gasteiger partial charge in [-0.2, -0.15) is 0 Å². The van der Waals surface area contributed by atoms with E-state index in [-0.39, 0.29) is 49.3 Å². The third kappa shape index (κ3) is 8.24. The minimum absolute atomic E-state index is 0. The normalized spacial score (nSPS) is 10.9. The Bertz CT molecular complexity index is 681. The van der Waals surface area contributed by atoms with E-state index in [0.717, 1.165) is 11.1 Å². The van der Waals surface area contributed by atoms with Crippen LogP contribution in [0.2, 0.25) is 0 Å². The quantitative estimate of drug-likeness (QED) is 0.637. The summed E-state index contributed by atoms with van der Waals surface area (Å²) in [5.74, 6) is -2.25. The summed E-state index contributed by atoms with van der Waals surface area (Å²) in [6.45, 7) is 12.5. The average molecular weight is 467 g/mol. The first-order valence-electron chi connectivity index (χ1n) is 8.46. The Labute approximate surface area is 181 Å². The van der Waals surface area contributed by atoms with Gasteiger partial charge in [0.1, 0.15) is 0 Å². The molecule has 0 aliphatic heterocycles. The number of carboxylic acids is 2. The van der Waals surface area contributed by atoms with E-state index in [1.807, 2.05) is 24.3 Å². The predicted molar refractivity (Wildman–Crippen MR) is 98.9 cm³/mol. The molecule has 0 N–H and O–H groups in total. The van der Waals surface area contributed by atoms with Crippen LogP contribution in [-0.4, -0.2) is 11.9 Å². The summed E-state index contributed by atoms with van der Waals surface area (Å²) in [6, 6.07) is 13.6. The van der Waals surface area contributed by atoms with Crippen LogP contribution in [0.4, 0.5) is 0 Å². The molecule has 0 aliphatic rings. The zero-order valence-electron chi connectivity index (χ0n) is 17.0. The molecule has 27 heavy (non-hydrogen) atoms. The van der Waals surface area contributed by atoms with E-state index < -0.39 is 11.9 Å². The van der Waals surface area contributed by atoms with E-state index in [4.69, 9.17) is 0 Å². The average Bonchev–Trinajstić information content (AvgIpc) is 2.54. The fourth-order valence-electron chi connectivity index (χ4n) is 2.21. The van der Waals surface area contributed by atoms with Crippen molar-refractivity contribution in [1.82, 2.24) is 0 Å². The van der Waals surface area contributed by atoms with E-state index in [1.165, 1.54) is 0 Å². The molecule has 0 aliphatic carbocycles. The van der Waals surface area contributed by atoms with Gasteiger partial charge in [-0.1, -0.05) is 90.1 Å². The van der Waals surface area contributed by atoms with Crippen molar-refractivity contribution in [3.05, 3.63) is 70.8 Å². The SMILES string of the molecule is CC(C)(C)c1ccc(C(=O)[O-])cc1.CC(C)(C)c1ccc(C(=O)[O-])cc1.[Cd+2]. The Morgan fingerprint density at radius 2 is 0.815 bits per heavy atom. The molecule has 0 aromatic heterocycles. The molecular formula is C22H26CdO4. The molecule has 2 rings (SSSR count). The summed E-state index contributed by atoms with van der Waals surface area (Å²) < 4.78 is 0. The number of rotatable bonds is 2. The van der Waals surface area contributed by atoms with Gasteiger partial charge in [0.15, 0.2) is 0 Å². The van der Waals surface area contributed by atoms with Crippen molar-refractivity contribution in [1.29, 1.82) is 0 Å². The number of hydrogen-bond donors (Lipinski definition) is 0. The zero-order valence-corrected chi connectivity index (χ0v) is 21.0. The molecule has 140 valence electrons. The Kier molecular flexibility index (Phi) is 9.38. The smallest absolute Gasteiger partial charge is 0.545 e. The Morgan fingerprint density at radius 3 is 0.963 bits per heavy atom. The van der Waals surface area contributed by atoms with Gasteiger partial charge in [0.25, 0.3) is 0 Å². The summed E-state index contributed by atoms with van der Waals surface area (Å²) in [6.07, 6.45) is 0. The number of benzene rings is 2. The zero-order chi connectivity index (χ0) is 20.1. The third-order valence-corrected chi connectivity index (χ3v) is 3.97. The second-order valence-electron chi connectivity index (χ2n) is 8.23. The molecule has 0 fully saturated rings. The summed E-state index contributed by atoms with van der Waals surface area (Å²) >= 11 is 0. The number of hydrogen-bond acceptors (Lipinski definition) is 4. The maximum Gasteiger partial charge on any atom is 2.00 e. The van der Waals surface area contributed by atoms with Crippen LogP contribution in [-0.2, 0) is 38.1 Å². The van der Waals surface area contributed by atoms with E-state index in [2.05, 4.69) is 41.5 Å². The van der Waals surface area contributed by atoms with Gasteiger partial charge in [0, 0.05) is 0 Å². The molecule has 0 heterocycles. The monoisotopic (exact) mass is 468 g/mol. The van der Waals surface area contributed by atoms with Gasteiger partial charge in [-0.25, -0.2) is 0 Å². The van der Waals surface area contributed by atoms with E-state index in [9.17, 15) is 19.8 Å². The van der Waals surface area contributed by atoms with Crippen molar-refractivity contribution in [2.75, 3.05) is 0 Å². The molecule has 0 radical (unpaired) electrons. The molecule has 2 aromatic rings. The van der Waals surface area contributed by atoms with Gasteiger partial charge in [-0.3, -0.25) is 0 Å². The van der Waals surface area contributed by atoms with Crippen LogP contribution in [0.15, 0.2) is 48.5 Å². The van der Waals surface area contributed by atoms with E-state index >= 15 is 0 Å². The maximum atomic E-state index is 10.5. The van der Waals surface area contributed by atoms with Crippen LogP contribution in [0.1, 0.15) is 73.4 Å². The number of carboxylic acid groups (broad SMARTS) is 2. The van der Waals surface area contributed by atoms with Gasteiger partial charge in [0.2, 0.25) is 0 Å². The number of aromatic carboxylic acids is 2. The topological polar surface area (TPSA) is 80.3 Å². The van der Waals surface area contributed by atoms with E-state index in [1.54, 1.807) is 24.3 Å². The van der Waals surface area contributed by atoms with Gasteiger partial charge >= 0.3 is 27.3 Å². The van der Waals surface area contributed by atoms with Crippen molar-refractivity contribution in [2.24, 2.45) is 0 Å². The van der Waals surface area contributed by atoms with Crippen molar-refractivity contribution in [2.45, 2.75) is 52.4 Å². The van der Waals surface area contributed by atoms with Gasteiger partial charge < -0.3 is 19.8 Å². The summed E-state index contributed by atoms with van der Waals surface area (Å²) in [5, 5.41) is 20.9. The molecule has 4 nitrogen and oxygen atoms in total. The second-order valence-corrected chi connectivity index (χ2v) is 8.23. The van der Waals surface area contributed by atoms with Crippen molar-refractivity contribution < 1.29 is 47.1 Å². The molecule has 0 bridgehead atoms. The first-order chi connectivity index (χ1) is 11.8. The predicted octanol–water partition coefficient (Wildman–Crippen LogP) is 2.69. The van der Waals surface area contributed by atoms with Crippen molar-refractivity contribution in [3.63, 3.8) is 0 Å². The Morgan fingerprint density at radius 1 is 0.593 bits per heavy atom. The van der Waals surface area contributed by atoms with Crippen molar-refractivity contribution in [3.8, 4) is 0 Å². The van der Waals surface area contributed by atoms with Crippen LogP contribution in [0, 0.1) is 0 Å². The second kappa shape index (κ2) is 10.0. The maximum absolute atomic E-state index is 10.5. The van der Waals surface area contributed by atoms with Crippen LogP contribution < -0.4 is 10.2 Å². The fraction of sp³-hybridized carbons (Fsp3) is 0.364. The molecule has 0 saturated carbocycles. The minimum atomic E-state index is -1.12. The molecule has 0 unspecified atom stereocenters. The first kappa shape index (κ1) is 25.3. The first-order valence-corrected chi connectivity index (χ1v) is 8.46. The van der Waals surface area contributed by atoms with Gasteiger partial charge in [0.05, 0.1) is 11.9 Å². The molecular weight excluding hydrogens is 441 g/mol. The Hall–Kier alpha value is -1.70.